The van der Waals surface area contributed by atoms with E-state index in [0.717, 1.165) is 69.2 Å². The van der Waals surface area contributed by atoms with E-state index in [2.05, 4.69) is 20.0 Å². The molecule has 40 heavy (non-hydrogen) atoms. The van der Waals surface area contributed by atoms with Crippen molar-refractivity contribution in [2.75, 3.05) is 91.2 Å². The fraction of sp³-hybridized carbons (Fsp3) is 0.586. The van der Waals surface area contributed by atoms with Gasteiger partial charge in [0.2, 0.25) is 11.8 Å². The minimum Gasteiger partial charge on any atom is -0.493 e. The molecule has 1 aromatic heterocycles. The van der Waals surface area contributed by atoms with Gasteiger partial charge in [0, 0.05) is 63.8 Å². The molecule has 1 aliphatic carbocycles. The number of hydrogen-bond donors (Lipinski definition) is 0. The molecular formula is C29H40N6O5. The Morgan fingerprint density at radius 3 is 2.33 bits per heavy atom. The fourth-order valence-corrected chi connectivity index (χ4v) is 5.36. The lowest BCUT2D eigenvalue weighted by molar-refractivity contribution is -0.145. The van der Waals surface area contributed by atoms with Crippen molar-refractivity contribution in [1.82, 2.24) is 24.9 Å². The van der Waals surface area contributed by atoms with Crippen LogP contribution >= 0.6 is 0 Å². The summed E-state index contributed by atoms with van der Waals surface area (Å²) in [6, 6.07) is 9.56. The molecule has 2 aliphatic heterocycles. The number of carbonyl (C=O) groups excluding carboxylic acids is 2. The normalized spacial score (nSPS) is 18.2. The molecule has 0 atom stereocenters. The number of hydrogen-bond acceptors (Lipinski definition) is 9. The number of morpholine rings is 1. The van der Waals surface area contributed by atoms with Gasteiger partial charge in [-0.2, -0.15) is 0 Å². The third kappa shape index (κ3) is 6.64. The molecule has 216 valence electrons. The van der Waals surface area contributed by atoms with Crippen molar-refractivity contribution in [3.63, 3.8) is 0 Å². The van der Waals surface area contributed by atoms with Gasteiger partial charge in [-0.25, -0.2) is 0 Å². The summed E-state index contributed by atoms with van der Waals surface area (Å²) in [5.41, 5.74) is 1.63. The molecule has 0 N–H and O–H groups in total. The Bertz CT molecular complexity index is 1140. The van der Waals surface area contributed by atoms with Gasteiger partial charge < -0.3 is 28.9 Å². The van der Waals surface area contributed by atoms with Gasteiger partial charge in [0.25, 0.3) is 0 Å². The molecular weight excluding hydrogens is 512 g/mol. The van der Waals surface area contributed by atoms with Crippen LogP contribution in [0, 0.1) is 5.92 Å². The predicted molar refractivity (Wildman–Crippen MR) is 151 cm³/mol. The number of methoxy groups -OCH3 is 2. The molecule has 11 nitrogen and oxygen atoms in total. The summed E-state index contributed by atoms with van der Waals surface area (Å²) < 4.78 is 16.2. The van der Waals surface area contributed by atoms with Gasteiger partial charge in [-0.1, -0.05) is 6.42 Å². The van der Waals surface area contributed by atoms with Crippen LogP contribution in [0.3, 0.4) is 0 Å². The van der Waals surface area contributed by atoms with E-state index in [4.69, 9.17) is 14.2 Å². The first-order valence-corrected chi connectivity index (χ1v) is 14.2. The Labute approximate surface area is 236 Å². The number of ether oxygens (including phenoxy) is 3. The molecule has 3 heterocycles. The first-order chi connectivity index (χ1) is 19.6. The van der Waals surface area contributed by atoms with Crippen LogP contribution in [0.25, 0.3) is 11.3 Å². The van der Waals surface area contributed by atoms with Crippen LogP contribution in [-0.2, 0) is 14.3 Å². The van der Waals surface area contributed by atoms with E-state index in [1.807, 2.05) is 35.2 Å². The highest BCUT2D eigenvalue weighted by atomic mass is 16.5. The number of benzene rings is 1. The largest absolute Gasteiger partial charge is 0.493 e. The molecule has 0 bridgehead atoms. The third-order valence-corrected chi connectivity index (χ3v) is 8.17. The first kappa shape index (κ1) is 28.1. The van der Waals surface area contributed by atoms with Gasteiger partial charge in [0.05, 0.1) is 39.7 Å². The lowest BCUT2D eigenvalue weighted by atomic mass is 9.84. The number of aromatic nitrogens is 2. The molecule has 2 amide bonds. The number of piperazine rings is 1. The van der Waals surface area contributed by atoms with E-state index in [1.165, 1.54) is 0 Å². The Morgan fingerprint density at radius 2 is 1.70 bits per heavy atom. The number of anilines is 1. The highest BCUT2D eigenvalue weighted by Gasteiger charge is 2.32. The lowest BCUT2D eigenvalue weighted by Gasteiger charge is -2.38. The second-order valence-corrected chi connectivity index (χ2v) is 10.6. The average molecular weight is 553 g/mol. The topological polar surface area (TPSA) is 101 Å². The molecule has 2 aromatic rings. The summed E-state index contributed by atoms with van der Waals surface area (Å²) in [5.74, 6) is 2.32. The van der Waals surface area contributed by atoms with Gasteiger partial charge in [-0.15, -0.1) is 10.2 Å². The van der Waals surface area contributed by atoms with Crippen molar-refractivity contribution in [3.05, 3.63) is 30.3 Å². The number of nitrogens with zero attached hydrogens (tertiary/aromatic N) is 6. The van der Waals surface area contributed by atoms with Crippen LogP contribution in [0.1, 0.15) is 19.3 Å². The molecule has 0 spiro atoms. The summed E-state index contributed by atoms with van der Waals surface area (Å²) >= 11 is 0. The molecule has 1 saturated carbocycles. The molecule has 0 unspecified atom stereocenters. The van der Waals surface area contributed by atoms with Gasteiger partial charge in [0.1, 0.15) is 0 Å². The maximum atomic E-state index is 13.3. The third-order valence-electron chi connectivity index (χ3n) is 8.17. The fourth-order valence-electron chi connectivity index (χ4n) is 5.36. The molecule has 3 fully saturated rings. The summed E-state index contributed by atoms with van der Waals surface area (Å²) in [5, 5.41) is 8.89. The van der Waals surface area contributed by atoms with Crippen LogP contribution in [-0.4, -0.2) is 123 Å². The Morgan fingerprint density at radius 1 is 0.950 bits per heavy atom. The maximum absolute atomic E-state index is 13.3. The first-order valence-electron chi connectivity index (χ1n) is 14.2. The summed E-state index contributed by atoms with van der Waals surface area (Å²) in [7, 11) is 3.22. The minimum absolute atomic E-state index is 0.0178. The molecule has 3 aliphatic rings. The van der Waals surface area contributed by atoms with Crippen LogP contribution in [0.5, 0.6) is 11.5 Å². The molecule has 11 heteroatoms. The zero-order chi connectivity index (χ0) is 27.9. The number of carbonyl (C=O) groups is 2. The van der Waals surface area contributed by atoms with E-state index in [1.54, 1.807) is 19.1 Å². The van der Waals surface area contributed by atoms with E-state index in [0.29, 0.717) is 44.2 Å². The van der Waals surface area contributed by atoms with Crippen molar-refractivity contribution in [1.29, 1.82) is 0 Å². The van der Waals surface area contributed by atoms with Crippen LogP contribution in [0.4, 0.5) is 5.82 Å². The standard InChI is InChI=1S/C29H40N6O5/c1-38-25-8-6-23(20-26(25)39-2)24-7-9-27(31-30-24)33-12-14-34(15-13-33)28(36)21-35(29(37)22-4-3-5-22)11-10-32-16-18-40-19-17-32/h6-9,20,22H,3-5,10-19,21H2,1-2H3. The van der Waals surface area contributed by atoms with Crippen molar-refractivity contribution in [2.24, 2.45) is 5.92 Å². The van der Waals surface area contributed by atoms with Crippen LogP contribution < -0.4 is 14.4 Å². The highest BCUT2D eigenvalue weighted by molar-refractivity contribution is 5.86. The lowest BCUT2D eigenvalue weighted by Crippen LogP contribution is -2.53. The minimum atomic E-state index is 0.0178. The second-order valence-electron chi connectivity index (χ2n) is 10.6. The number of amides is 2. The zero-order valence-corrected chi connectivity index (χ0v) is 23.6. The van der Waals surface area contributed by atoms with Crippen LogP contribution in [0.2, 0.25) is 0 Å². The van der Waals surface area contributed by atoms with Gasteiger partial charge in [0.15, 0.2) is 17.3 Å². The summed E-state index contributed by atoms with van der Waals surface area (Å²) in [6.45, 7) is 7.23. The van der Waals surface area contributed by atoms with Crippen LogP contribution in [0.15, 0.2) is 30.3 Å². The smallest absolute Gasteiger partial charge is 0.242 e. The quantitative estimate of drug-likeness (QED) is 0.437. The van der Waals surface area contributed by atoms with Crippen molar-refractivity contribution < 1.29 is 23.8 Å². The Balaban J connectivity index is 1.14. The molecule has 0 radical (unpaired) electrons. The van der Waals surface area contributed by atoms with Gasteiger partial charge in [-0.05, 0) is 43.2 Å². The Kier molecular flexibility index (Phi) is 9.33. The highest BCUT2D eigenvalue weighted by Crippen LogP contribution is 2.32. The zero-order valence-electron chi connectivity index (χ0n) is 23.6. The van der Waals surface area contributed by atoms with E-state index in [9.17, 15) is 9.59 Å². The second kappa shape index (κ2) is 13.3. The molecule has 5 rings (SSSR count). The average Bonchev–Trinajstić information content (AvgIpc) is 2.98. The monoisotopic (exact) mass is 552 g/mol. The van der Waals surface area contributed by atoms with Crippen molar-refractivity contribution in [2.45, 2.75) is 19.3 Å². The number of rotatable bonds is 10. The SMILES string of the molecule is COc1ccc(-c2ccc(N3CCN(C(=O)CN(CCN4CCOCC4)C(=O)C4CCC4)CC3)nn2)cc1OC. The predicted octanol–water partition coefficient (Wildman–Crippen LogP) is 1.77. The summed E-state index contributed by atoms with van der Waals surface area (Å²) in [6.07, 6.45) is 2.97. The maximum Gasteiger partial charge on any atom is 0.242 e. The molecule has 2 saturated heterocycles. The van der Waals surface area contributed by atoms with E-state index >= 15 is 0 Å². The van der Waals surface area contributed by atoms with Gasteiger partial charge in [-0.3, -0.25) is 14.5 Å². The Hall–Kier alpha value is -3.44. The van der Waals surface area contributed by atoms with Gasteiger partial charge >= 0.3 is 0 Å². The summed E-state index contributed by atoms with van der Waals surface area (Å²) in [4.78, 5) is 34.5. The van der Waals surface area contributed by atoms with E-state index < -0.39 is 0 Å². The van der Waals surface area contributed by atoms with Crippen molar-refractivity contribution in [3.8, 4) is 22.8 Å². The van der Waals surface area contributed by atoms with E-state index in [-0.39, 0.29) is 24.3 Å². The van der Waals surface area contributed by atoms with Crippen molar-refractivity contribution >= 4 is 17.6 Å². The molecule has 1 aromatic carbocycles.